The molecule has 0 aliphatic carbocycles. The summed E-state index contributed by atoms with van der Waals surface area (Å²) in [5, 5.41) is 12.3. The third-order valence-electron chi connectivity index (χ3n) is 8.24. The van der Waals surface area contributed by atoms with Crippen LogP contribution < -0.4 is 10.2 Å². The quantitative estimate of drug-likeness (QED) is 0.453. The molecule has 0 spiro atoms. The van der Waals surface area contributed by atoms with Crippen molar-refractivity contribution in [2.45, 2.75) is 13.1 Å². The average molecular weight is 552 g/mol. The zero-order chi connectivity index (χ0) is 28.7. The summed E-state index contributed by atoms with van der Waals surface area (Å²) in [7, 11) is 4.04. The SMILES string of the molecule is CN1CCN(CC(=O)N2Cc3ccc(N(C)C(=C4C(=O)Nc5cc(C(=O)O)ccc54)c4ccccc4)cc3C2)CC1. The number of benzene rings is 3. The van der Waals surface area contributed by atoms with Crippen LogP contribution in [0.3, 0.4) is 0 Å². The van der Waals surface area contributed by atoms with Crippen LogP contribution in [0.1, 0.15) is 32.6 Å². The summed E-state index contributed by atoms with van der Waals surface area (Å²) in [4.78, 5) is 46.4. The van der Waals surface area contributed by atoms with Crippen LogP contribution in [0.2, 0.25) is 0 Å². The van der Waals surface area contributed by atoms with E-state index < -0.39 is 5.97 Å². The van der Waals surface area contributed by atoms with E-state index in [9.17, 15) is 19.5 Å². The largest absolute Gasteiger partial charge is 0.478 e. The van der Waals surface area contributed by atoms with Gasteiger partial charge in [-0.2, -0.15) is 0 Å². The monoisotopic (exact) mass is 551 g/mol. The fraction of sp³-hybridized carbons (Fsp3) is 0.281. The van der Waals surface area contributed by atoms with Crippen molar-refractivity contribution in [3.8, 4) is 0 Å². The van der Waals surface area contributed by atoms with Crippen LogP contribution in [0.25, 0.3) is 11.3 Å². The van der Waals surface area contributed by atoms with E-state index in [0.29, 0.717) is 42.2 Å². The van der Waals surface area contributed by atoms with Gasteiger partial charge in [-0.25, -0.2) is 4.79 Å². The molecular formula is C32H33N5O4. The Balaban J connectivity index is 1.30. The van der Waals surface area contributed by atoms with E-state index in [1.165, 1.54) is 12.1 Å². The number of aromatic carboxylic acids is 1. The number of carbonyl (C=O) groups is 3. The number of hydrogen-bond acceptors (Lipinski definition) is 6. The lowest BCUT2D eigenvalue weighted by Crippen LogP contribution is -2.48. The van der Waals surface area contributed by atoms with E-state index in [2.05, 4.69) is 34.3 Å². The number of likely N-dealkylation sites (N-methyl/N-ethyl adjacent to an activating group) is 1. The van der Waals surface area contributed by atoms with Crippen LogP contribution in [0.15, 0.2) is 66.7 Å². The first-order valence-electron chi connectivity index (χ1n) is 13.8. The summed E-state index contributed by atoms with van der Waals surface area (Å²) in [6, 6.07) is 20.6. The third kappa shape index (κ3) is 5.21. The normalized spacial score (nSPS) is 18.1. The molecule has 210 valence electrons. The molecule has 2 amide bonds. The van der Waals surface area contributed by atoms with E-state index in [1.54, 1.807) is 6.07 Å². The maximum atomic E-state index is 13.4. The van der Waals surface area contributed by atoms with Crippen LogP contribution in [-0.2, 0) is 22.7 Å². The molecule has 9 nitrogen and oxygen atoms in total. The van der Waals surface area contributed by atoms with Gasteiger partial charge in [0.1, 0.15) is 0 Å². The summed E-state index contributed by atoms with van der Waals surface area (Å²) >= 11 is 0. The highest BCUT2D eigenvalue weighted by molar-refractivity contribution is 6.37. The number of amides is 2. The molecule has 9 heteroatoms. The minimum absolute atomic E-state index is 0.116. The molecule has 0 saturated carbocycles. The molecule has 2 N–H and O–H groups in total. The number of carboxylic acid groups (broad SMARTS) is 1. The Bertz CT molecular complexity index is 1560. The Kier molecular flexibility index (Phi) is 7.07. The van der Waals surface area contributed by atoms with Crippen molar-refractivity contribution in [1.29, 1.82) is 0 Å². The van der Waals surface area contributed by atoms with Crippen molar-refractivity contribution in [2.24, 2.45) is 0 Å². The van der Waals surface area contributed by atoms with Gasteiger partial charge in [-0.05, 0) is 48.0 Å². The van der Waals surface area contributed by atoms with Gasteiger partial charge in [-0.3, -0.25) is 14.5 Å². The fourth-order valence-corrected chi connectivity index (χ4v) is 5.83. The predicted molar refractivity (Wildman–Crippen MR) is 158 cm³/mol. The van der Waals surface area contributed by atoms with Crippen LogP contribution >= 0.6 is 0 Å². The number of carbonyl (C=O) groups excluding carboxylic acids is 2. The van der Waals surface area contributed by atoms with E-state index >= 15 is 0 Å². The first-order valence-corrected chi connectivity index (χ1v) is 13.8. The van der Waals surface area contributed by atoms with Crippen molar-refractivity contribution < 1.29 is 19.5 Å². The number of rotatable bonds is 6. The molecule has 0 unspecified atom stereocenters. The smallest absolute Gasteiger partial charge is 0.335 e. The van der Waals surface area contributed by atoms with Crippen molar-refractivity contribution in [2.75, 3.05) is 57.0 Å². The lowest BCUT2D eigenvalue weighted by Gasteiger charge is -2.32. The molecule has 3 aromatic rings. The van der Waals surface area contributed by atoms with Crippen molar-refractivity contribution in [3.05, 3.63) is 94.5 Å². The standard InChI is InChI=1S/C32H33N5O4/c1-34-12-14-36(15-13-34)20-28(38)37-18-23-8-10-25(16-24(23)19-37)35(2)30(21-6-4-3-5-7-21)29-26-11-9-22(32(40)41)17-27(26)33-31(29)39/h3-11,16-17H,12-15,18-20H2,1-2H3,(H,33,39)(H,40,41). The number of nitrogens with zero attached hydrogens (tertiary/aromatic N) is 4. The van der Waals surface area contributed by atoms with E-state index in [0.717, 1.165) is 48.6 Å². The Hall–Kier alpha value is -4.47. The van der Waals surface area contributed by atoms with Crippen LogP contribution in [0, 0.1) is 0 Å². The van der Waals surface area contributed by atoms with Gasteiger partial charge in [0.15, 0.2) is 0 Å². The molecule has 41 heavy (non-hydrogen) atoms. The number of hydrogen-bond donors (Lipinski definition) is 2. The fourth-order valence-electron chi connectivity index (χ4n) is 5.83. The van der Waals surface area contributed by atoms with Crippen LogP contribution in [-0.4, -0.2) is 84.4 Å². The molecule has 3 heterocycles. The number of anilines is 2. The average Bonchev–Trinajstić information content (AvgIpc) is 3.55. The summed E-state index contributed by atoms with van der Waals surface area (Å²) < 4.78 is 0. The highest BCUT2D eigenvalue weighted by atomic mass is 16.4. The minimum Gasteiger partial charge on any atom is -0.478 e. The molecule has 1 fully saturated rings. The second-order valence-corrected chi connectivity index (χ2v) is 11.0. The summed E-state index contributed by atoms with van der Waals surface area (Å²) in [6.07, 6.45) is 0. The van der Waals surface area contributed by atoms with Gasteiger partial charge in [0.05, 0.1) is 29.1 Å². The molecule has 0 aromatic heterocycles. The maximum Gasteiger partial charge on any atom is 0.335 e. The number of fused-ring (bicyclic) bond motifs is 2. The molecule has 0 radical (unpaired) electrons. The zero-order valence-corrected chi connectivity index (χ0v) is 23.3. The molecule has 0 bridgehead atoms. The van der Waals surface area contributed by atoms with Gasteiger partial charge in [0.25, 0.3) is 5.91 Å². The van der Waals surface area contributed by atoms with Gasteiger partial charge < -0.3 is 25.1 Å². The van der Waals surface area contributed by atoms with Gasteiger partial charge in [0.2, 0.25) is 5.91 Å². The number of piperazine rings is 1. The predicted octanol–water partition coefficient (Wildman–Crippen LogP) is 3.43. The molecule has 3 aromatic carbocycles. The van der Waals surface area contributed by atoms with Crippen molar-refractivity contribution in [3.63, 3.8) is 0 Å². The van der Waals surface area contributed by atoms with Crippen molar-refractivity contribution >= 4 is 40.4 Å². The second kappa shape index (κ2) is 10.8. The molecule has 3 aliphatic rings. The van der Waals surface area contributed by atoms with Crippen LogP contribution in [0.5, 0.6) is 0 Å². The molecule has 0 atom stereocenters. The number of nitrogens with one attached hydrogen (secondary N) is 1. The van der Waals surface area contributed by atoms with Crippen LogP contribution in [0.4, 0.5) is 11.4 Å². The van der Waals surface area contributed by atoms with E-state index in [4.69, 9.17) is 0 Å². The maximum absolute atomic E-state index is 13.4. The minimum atomic E-state index is -1.05. The number of carboxylic acids is 1. The Morgan fingerprint density at radius 1 is 0.902 bits per heavy atom. The zero-order valence-electron chi connectivity index (χ0n) is 23.3. The second-order valence-electron chi connectivity index (χ2n) is 11.0. The Labute approximate surface area is 239 Å². The lowest BCUT2D eigenvalue weighted by atomic mass is 9.98. The lowest BCUT2D eigenvalue weighted by molar-refractivity contribution is -0.133. The topological polar surface area (TPSA) is 96.4 Å². The van der Waals surface area contributed by atoms with E-state index in [1.807, 2.05) is 53.2 Å². The first-order chi connectivity index (χ1) is 19.8. The Morgan fingerprint density at radius 3 is 2.37 bits per heavy atom. The van der Waals surface area contributed by atoms with Gasteiger partial charge in [0, 0.05) is 57.6 Å². The summed E-state index contributed by atoms with van der Waals surface area (Å²) in [5.74, 6) is -1.18. The van der Waals surface area contributed by atoms with Crippen molar-refractivity contribution in [1.82, 2.24) is 14.7 Å². The molecule has 3 aliphatic heterocycles. The summed E-state index contributed by atoms with van der Waals surface area (Å²) in [6.45, 7) is 5.36. The molecule has 6 rings (SSSR count). The van der Waals surface area contributed by atoms with Gasteiger partial charge in [-0.1, -0.05) is 42.5 Å². The molecule has 1 saturated heterocycles. The Morgan fingerprint density at radius 2 is 1.63 bits per heavy atom. The van der Waals surface area contributed by atoms with Gasteiger partial charge >= 0.3 is 5.97 Å². The highest BCUT2D eigenvalue weighted by Crippen LogP contribution is 2.40. The first kappa shape index (κ1) is 26.7. The molecular weight excluding hydrogens is 518 g/mol. The third-order valence-corrected chi connectivity index (χ3v) is 8.24. The van der Waals surface area contributed by atoms with E-state index in [-0.39, 0.29) is 17.4 Å². The summed E-state index contributed by atoms with van der Waals surface area (Å²) in [5.41, 5.74) is 6.44. The highest BCUT2D eigenvalue weighted by Gasteiger charge is 2.32. The van der Waals surface area contributed by atoms with Gasteiger partial charge in [-0.15, -0.1) is 0 Å².